The highest BCUT2D eigenvalue weighted by Gasteiger charge is 2.44. The molecule has 0 saturated carbocycles. The summed E-state index contributed by atoms with van der Waals surface area (Å²) >= 11 is 0. The molecule has 6 rings (SSSR count). The zero-order valence-corrected chi connectivity index (χ0v) is 21.1. The standard InChI is InChI=1S/C31H25N5O3/c1-19(29(37)34-35-30(38)21-12-9-17-32-18-21)36-28(22-13-5-6-14-23(22)31(36)39)26-24-15-7-8-16-25(24)33-27(26)20-10-3-2-4-11-20/h2-19,28,33H,1H3,(H,34,37)(H,35,38). The third-order valence-corrected chi connectivity index (χ3v) is 7.10. The van der Waals surface area contributed by atoms with Crippen LogP contribution < -0.4 is 10.9 Å². The van der Waals surface area contributed by atoms with Gasteiger partial charge in [-0.1, -0.05) is 66.7 Å². The second-order valence-corrected chi connectivity index (χ2v) is 9.39. The number of hydrazine groups is 1. The van der Waals surface area contributed by atoms with E-state index in [1.165, 1.54) is 6.20 Å². The van der Waals surface area contributed by atoms with Crippen LogP contribution in [0.5, 0.6) is 0 Å². The first-order valence-electron chi connectivity index (χ1n) is 12.6. The van der Waals surface area contributed by atoms with Crippen molar-refractivity contribution in [1.82, 2.24) is 25.7 Å². The monoisotopic (exact) mass is 515 g/mol. The van der Waals surface area contributed by atoms with Crippen LogP contribution in [0.15, 0.2) is 103 Å². The number of rotatable bonds is 5. The molecular formula is C31H25N5O3. The van der Waals surface area contributed by atoms with E-state index in [4.69, 9.17) is 0 Å². The molecule has 3 amide bonds. The van der Waals surface area contributed by atoms with Crippen molar-refractivity contribution in [2.45, 2.75) is 19.0 Å². The number of H-pyrrole nitrogens is 1. The lowest BCUT2D eigenvalue weighted by Gasteiger charge is -2.31. The van der Waals surface area contributed by atoms with Crippen LogP contribution in [0, 0.1) is 0 Å². The number of fused-ring (bicyclic) bond motifs is 2. The fraction of sp³-hybridized carbons (Fsp3) is 0.0968. The lowest BCUT2D eigenvalue weighted by atomic mass is 9.92. The molecule has 2 aromatic heterocycles. The van der Waals surface area contributed by atoms with Crippen LogP contribution in [-0.2, 0) is 4.79 Å². The highest BCUT2D eigenvalue weighted by molar-refractivity contribution is 6.04. The Kier molecular flexibility index (Phi) is 6.13. The first kappa shape index (κ1) is 24.1. The van der Waals surface area contributed by atoms with Gasteiger partial charge in [0, 0.05) is 34.4 Å². The lowest BCUT2D eigenvalue weighted by molar-refractivity contribution is -0.126. The molecule has 0 spiro atoms. The summed E-state index contributed by atoms with van der Waals surface area (Å²) in [7, 11) is 0. The number of carbonyl (C=O) groups is 3. The molecule has 3 N–H and O–H groups in total. The summed E-state index contributed by atoms with van der Waals surface area (Å²) in [6.45, 7) is 1.67. The molecule has 39 heavy (non-hydrogen) atoms. The molecule has 5 aromatic rings. The first-order valence-corrected chi connectivity index (χ1v) is 12.6. The number of hydrogen-bond donors (Lipinski definition) is 3. The maximum Gasteiger partial charge on any atom is 0.271 e. The lowest BCUT2D eigenvalue weighted by Crippen LogP contribution is -2.52. The van der Waals surface area contributed by atoms with Gasteiger partial charge in [0.1, 0.15) is 6.04 Å². The van der Waals surface area contributed by atoms with Gasteiger partial charge in [-0.25, -0.2) is 0 Å². The van der Waals surface area contributed by atoms with E-state index in [0.29, 0.717) is 11.1 Å². The van der Waals surface area contributed by atoms with Gasteiger partial charge in [0.15, 0.2) is 0 Å². The zero-order valence-electron chi connectivity index (χ0n) is 21.1. The molecule has 0 saturated heterocycles. The molecular weight excluding hydrogens is 490 g/mol. The van der Waals surface area contributed by atoms with Crippen molar-refractivity contribution in [3.8, 4) is 11.3 Å². The van der Waals surface area contributed by atoms with Crippen LogP contribution in [0.4, 0.5) is 0 Å². The third kappa shape index (κ3) is 4.21. The molecule has 0 aliphatic carbocycles. The number of aromatic nitrogens is 2. The van der Waals surface area contributed by atoms with Gasteiger partial charge in [0.25, 0.3) is 17.7 Å². The third-order valence-electron chi connectivity index (χ3n) is 7.10. The fourth-order valence-electron chi connectivity index (χ4n) is 5.23. The number of nitrogens with one attached hydrogen (secondary N) is 3. The summed E-state index contributed by atoms with van der Waals surface area (Å²) < 4.78 is 0. The second kappa shape index (κ2) is 9.90. The molecule has 3 aromatic carbocycles. The molecule has 1 aliphatic rings. The van der Waals surface area contributed by atoms with E-state index in [0.717, 1.165) is 33.3 Å². The second-order valence-electron chi connectivity index (χ2n) is 9.39. The molecule has 192 valence electrons. The molecule has 3 heterocycles. The Balaban J connectivity index is 1.41. The SMILES string of the molecule is CC(C(=O)NNC(=O)c1cccnc1)N1C(=O)c2ccccc2C1c1c(-c2ccccc2)[nH]c2ccccc12. The minimum Gasteiger partial charge on any atom is -0.354 e. The van der Waals surface area contributed by atoms with Crippen molar-refractivity contribution >= 4 is 28.6 Å². The Morgan fingerprint density at radius 1 is 0.897 bits per heavy atom. The minimum absolute atomic E-state index is 0.249. The van der Waals surface area contributed by atoms with E-state index in [2.05, 4.69) is 20.8 Å². The number of hydrogen-bond acceptors (Lipinski definition) is 4. The number of benzene rings is 3. The van der Waals surface area contributed by atoms with E-state index in [9.17, 15) is 14.4 Å². The van der Waals surface area contributed by atoms with E-state index in [-0.39, 0.29) is 5.91 Å². The molecule has 2 atom stereocenters. The van der Waals surface area contributed by atoms with Crippen LogP contribution in [0.2, 0.25) is 0 Å². The highest BCUT2D eigenvalue weighted by atomic mass is 16.2. The minimum atomic E-state index is -0.901. The van der Waals surface area contributed by atoms with Gasteiger partial charge in [0.2, 0.25) is 0 Å². The van der Waals surface area contributed by atoms with E-state index < -0.39 is 23.9 Å². The van der Waals surface area contributed by atoms with Gasteiger partial charge >= 0.3 is 0 Å². The van der Waals surface area contributed by atoms with E-state index >= 15 is 0 Å². The number of aromatic amines is 1. The van der Waals surface area contributed by atoms with Crippen molar-refractivity contribution in [3.05, 3.63) is 126 Å². The van der Waals surface area contributed by atoms with Gasteiger partial charge in [-0.3, -0.25) is 30.2 Å². The number of pyridine rings is 1. The van der Waals surface area contributed by atoms with Gasteiger partial charge in [-0.15, -0.1) is 0 Å². The number of nitrogens with zero attached hydrogens (tertiary/aromatic N) is 2. The molecule has 0 bridgehead atoms. The topological polar surface area (TPSA) is 107 Å². The van der Waals surface area contributed by atoms with Crippen LogP contribution in [-0.4, -0.2) is 38.6 Å². The Morgan fingerprint density at radius 3 is 2.44 bits per heavy atom. The van der Waals surface area contributed by atoms with Gasteiger partial charge in [-0.2, -0.15) is 0 Å². The largest absolute Gasteiger partial charge is 0.354 e. The van der Waals surface area contributed by atoms with Crippen molar-refractivity contribution in [2.75, 3.05) is 0 Å². The molecule has 0 radical (unpaired) electrons. The molecule has 2 unspecified atom stereocenters. The predicted octanol–water partition coefficient (Wildman–Crippen LogP) is 4.62. The van der Waals surface area contributed by atoms with Crippen molar-refractivity contribution in [2.24, 2.45) is 0 Å². The van der Waals surface area contributed by atoms with Gasteiger partial charge < -0.3 is 9.88 Å². The Morgan fingerprint density at radius 2 is 1.64 bits per heavy atom. The van der Waals surface area contributed by atoms with Crippen LogP contribution in [0.25, 0.3) is 22.2 Å². The Hall–Kier alpha value is -5.24. The van der Waals surface area contributed by atoms with Crippen LogP contribution in [0.3, 0.4) is 0 Å². The van der Waals surface area contributed by atoms with Crippen LogP contribution in [0.1, 0.15) is 44.8 Å². The fourth-order valence-corrected chi connectivity index (χ4v) is 5.23. The number of carbonyl (C=O) groups excluding carboxylic acids is 3. The molecule has 8 nitrogen and oxygen atoms in total. The Bertz CT molecular complexity index is 1700. The summed E-state index contributed by atoms with van der Waals surface area (Å²) in [4.78, 5) is 48.7. The quantitative estimate of drug-likeness (QED) is 0.297. The first-order chi connectivity index (χ1) is 19.0. The summed E-state index contributed by atoms with van der Waals surface area (Å²) in [6.07, 6.45) is 2.96. The summed E-state index contributed by atoms with van der Waals surface area (Å²) in [5.41, 5.74) is 10.3. The van der Waals surface area contributed by atoms with E-state index in [1.54, 1.807) is 36.2 Å². The maximum absolute atomic E-state index is 13.8. The zero-order chi connectivity index (χ0) is 26.9. The Labute approximate surface area is 224 Å². The highest BCUT2D eigenvalue weighted by Crippen LogP contribution is 2.46. The average molecular weight is 516 g/mol. The normalized spacial score (nSPS) is 15.2. The van der Waals surface area contributed by atoms with Crippen molar-refractivity contribution < 1.29 is 14.4 Å². The molecule has 1 aliphatic heterocycles. The van der Waals surface area contributed by atoms with Gasteiger partial charge in [0.05, 0.1) is 17.3 Å². The van der Waals surface area contributed by atoms with Crippen molar-refractivity contribution in [3.63, 3.8) is 0 Å². The summed E-state index contributed by atoms with van der Waals surface area (Å²) in [5, 5.41) is 0.966. The number of amides is 3. The van der Waals surface area contributed by atoms with Crippen molar-refractivity contribution in [1.29, 1.82) is 0 Å². The molecule has 0 fully saturated rings. The summed E-state index contributed by atoms with van der Waals surface area (Å²) in [5.74, 6) is -1.26. The van der Waals surface area contributed by atoms with E-state index in [1.807, 2.05) is 72.8 Å². The molecule has 8 heteroatoms. The predicted molar refractivity (Wildman–Crippen MR) is 147 cm³/mol. The number of para-hydroxylation sites is 1. The maximum atomic E-state index is 13.8. The average Bonchev–Trinajstić information content (AvgIpc) is 3.51. The smallest absolute Gasteiger partial charge is 0.271 e. The van der Waals surface area contributed by atoms with Crippen LogP contribution >= 0.6 is 0 Å². The van der Waals surface area contributed by atoms with Gasteiger partial charge in [-0.05, 0) is 42.3 Å². The summed E-state index contributed by atoms with van der Waals surface area (Å²) in [6, 6.07) is 27.1.